The highest BCUT2D eigenvalue weighted by molar-refractivity contribution is 5.84. The first-order valence-corrected chi connectivity index (χ1v) is 12.5. The van der Waals surface area contributed by atoms with E-state index in [0.29, 0.717) is 30.6 Å². The minimum absolute atomic E-state index is 0.0323. The average Bonchev–Trinajstić information content (AvgIpc) is 2.89. The van der Waals surface area contributed by atoms with Crippen LogP contribution in [0.25, 0.3) is 0 Å². The van der Waals surface area contributed by atoms with Crippen molar-refractivity contribution in [3.63, 3.8) is 0 Å². The summed E-state index contributed by atoms with van der Waals surface area (Å²) in [6.07, 6.45) is 9.64. The van der Waals surface area contributed by atoms with E-state index < -0.39 is 6.04 Å². The van der Waals surface area contributed by atoms with Crippen LogP contribution in [0.3, 0.4) is 0 Å². The molecule has 0 aliphatic heterocycles. The second kappa shape index (κ2) is 12.7. The number of rotatable bonds is 11. The van der Waals surface area contributed by atoms with Gasteiger partial charge in [0.1, 0.15) is 11.9 Å². The Kier molecular flexibility index (Phi) is 8.89. The van der Waals surface area contributed by atoms with Crippen LogP contribution in [0, 0.1) is 5.92 Å². The molecule has 0 spiro atoms. The number of hydrogen-bond donors (Lipinski definition) is 3. The van der Waals surface area contributed by atoms with Crippen molar-refractivity contribution in [2.24, 2.45) is 5.92 Å². The van der Waals surface area contributed by atoms with E-state index in [9.17, 15) is 4.79 Å². The highest BCUT2D eigenvalue weighted by atomic mass is 16.2. The molecular formula is C28H35N5O. The van der Waals surface area contributed by atoms with Crippen LogP contribution < -0.4 is 16.0 Å². The maximum Gasteiger partial charge on any atom is 0.242 e. The van der Waals surface area contributed by atoms with Gasteiger partial charge in [0.05, 0.1) is 0 Å². The number of carbonyl (C=O) groups excluding carboxylic acids is 1. The van der Waals surface area contributed by atoms with Crippen molar-refractivity contribution in [1.82, 2.24) is 15.3 Å². The Labute approximate surface area is 202 Å². The Bertz CT molecular complexity index is 1010. The number of amides is 1. The normalized spacial score (nSPS) is 14.8. The summed E-state index contributed by atoms with van der Waals surface area (Å²) >= 11 is 0. The lowest BCUT2D eigenvalue weighted by Crippen LogP contribution is -2.42. The van der Waals surface area contributed by atoms with Crippen LogP contribution in [-0.2, 0) is 17.6 Å². The Hall–Kier alpha value is -3.41. The minimum atomic E-state index is -0.431. The lowest BCUT2D eigenvalue weighted by molar-refractivity contribution is -0.121. The van der Waals surface area contributed by atoms with Crippen LogP contribution in [-0.4, -0.2) is 35.0 Å². The molecule has 178 valence electrons. The van der Waals surface area contributed by atoms with Gasteiger partial charge in [0, 0.05) is 25.7 Å². The molecule has 1 aliphatic rings. The summed E-state index contributed by atoms with van der Waals surface area (Å²) in [5, 5.41) is 9.84. The van der Waals surface area contributed by atoms with Crippen LogP contribution in [0.4, 0.5) is 11.8 Å². The largest absolute Gasteiger partial charge is 0.358 e. The van der Waals surface area contributed by atoms with Gasteiger partial charge in [-0.15, -0.1) is 0 Å². The summed E-state index contributed by atoms with van der Waals surface area (Å²) in [5.74, 6) is 1.92. The Morgan fingerprint density at radius 1 is 0.912 bits per heavy atom. The number of nitrogens with zero attached hydrogens (tertiary/aromatic N) is 2. The third-order valence-electron chi connectivity index (χ3n) is 6.41. The predicted octanol–water partition coefficient (Wildman–Crippen LogP) is 4.85. The number of benzene rings is 2. The number of aromatic nitrogens is 2. The molecule has 0 saturated heterocycles. The summed E-state index contributed by atoms with van der Waals surface area (Å²) in [4.78, 5) is 22.1. The van der Waals surface area contributed by atoms with Crippen molar-refractivity contribution in [2.75, 3.05) is 23.7 Å². The van der Waals surface area contributed by atoms with E-state index in [1.165, 1.54) is 37.7 Å². The van der Waals surface area contributed by atoms with Crippen molar-refractivity contribution >= 4 is 17.7 Å². The molecule has 3 aromatic rings. The number of anilines is 2. The monoisotopic (exact) mass is 457 g/mol. The van der Waals surface area contributed by atoms with E-state index >= 15 is 0 Å². The zero-order chi connectivity index (χ0) is 23.4. The summed E-state index contributed by atoms with van der Waals surface area (Å²) in [6.45, 7) is 1.49. The standard InChI is InChI=1S/C28H35N5O/c34-27(29-18-16-22-10-4-1-5-11-22)25(20-23-12-6-2-7-13-23)32-26-17-19-30-28(33-26)31-21-24-14-8-3-9-15-24/h1-2,4-7,10-13,17,19,24-25H,3,8-9,14-16,18,20-21H2,(H,29,34)(H2,30,31,32,33)/t25-/m0/s1. The molecule has 0 unspecified atom stereocenters. The first-order chi connectivity index (χ1) is 16.8. The van der Waals surface area contributed by atoms with Gasteiger partial charge in [-0.05, 0) is 42.4 Å². The van der Waals surface area contributed by atoms with E-state index in [2.05, 4.69) is 38.1 Å². The fraction of sp³-hybridized carbons (Fsp3) is 0.393. The quantitative estimate of drug-likeness (QED) is 0.384. The summed E-state index contributed by atoms with van der Waals surface area (Å²) in [7, 11) is 0. The van der Waals surface area contributed by atoms with Crippen molar-refractivity contribution in [3.8, 4) is 0 Å². The predicted molar refractivity (Wildman–Crippen MR) is 138 cm³/mol. The summed E-state index contributed by atoms with van der Waals surface area (Å²) in [6, 6.07) is 21.7. The van der Waals surface area contributed by atoms with E-state index in [1.54, 1.807) is 6.20 Å². The fourth-order valence-corrected chi connectivity index (χ4v) is 4.49. The zero-order valence-corrected chi connectivity index (χ0v) is 19.7. The van der Waals surface area contributed by atoms with Crippen LogP contribution >= 0.6 is 0 Å². The molecular weight excluding hydrogens is 422 g/mol. The zero-order valence-electron chi connectivity index (χ0n) is 19.7. The van der Waals surface area contributed by atoms with Gasteiger partial charge in [-0.3, -0.25) is 4.79 Å². The van der Waals surface area contributed by atoms with Gasteiger partial charge < -0.3 is 16.0 Å². The van der Waals surface area contributed by atoms with Crippen molar-refractivity contribution in [3.05, 3.63) is 84.1 Å². The van der Waals surface area contributed by atoms with Gasteiger partial charge in [0.15, 0.2) is 0 Å². The minimum Gasteiger partial charge on any atom is -0.358 e. The molecule has 2 aromatic carbocycles. The van der Waals surface area contributed by atoms with Gasteiger partial charge in [-0.1, -0.05) is 79.9 Å². The Morgan fingerprint density at radius 3 is 2.35 bits per heavy atom. The third kappa shape index (κ3) is 7.58. The molecule has 1 fully saturated rings. The van der Waals surface area contributed by atoms with Gasteiger partial charge in [-0.25, -0.2) is 4.98 Å². The second-order valence-electron chi connectivity index (χ2n) is 9.06. The Balaban J connectivity index is 1.37. The van der Waals surface area contributed by atoms with E-state index in [0.717, 1.165) is 18.5 Å². The molecule has 6 heteroatoms. The van der Waals surface area contributed by atoms with E-state index in [4.69, 9.17) is 0 Å². The number of hydrogen-bond acceptors (Lipinski definition) is 5. The fourth-order valence-electron chi connectivity index (χ4n) is 4.49. The molecule has 0 bridgehead atoms. The van der Waals surface area contributed by atoms with Crippen LogP contribution in [0.15, 0.2) is 72.9 Å². The molecule has 6 nitrogen and oxygen atoms in total. The van der Waals surface area contributed by atoms with Crippen molar-refractivity contribution in [2.45, 2.75) is 51.0 Å². The van der Waals surface area contributed by atoms with Gasteiger partial charge in [0.2, 0.25) is 11.9 Å². The number of carbonyl (C=O) groups is 1. The van der Waals surface area contributed by atoms with Gasteiger partial charge in [0.25, 0.3) is 0 Å². The molecule has 0 radical (unpaired) electrons. The molecule has 1 atom stereocenters. The molecule has 3 N–H and O–H groups in total. The molecule has 4 rings (SSSR count). The smallest absolute Gasteiger partial charge is 0.242 e. The molecule has 1 aromatic heterocycles. The molecule has 1 heterocycles. The van der Waals surface area contributed by atoms with Crippen LogP contribution in [0.2, 0.25) is 0 Å². The second-order valence-corrected chi connectivity index (χ2v) is 9.06. The lowest BCUT2D eigenvalue weighted by atomic mass is 9.89. The highest BCUT2D eigenvalue weighted by Crippen LogP contribution is 2.23. The van der Waals surface area contributed by atoms with Gasteiger partial charge >= 0.3 is 0 Å². The molecule has 1 saturated carbocycles. The van der Waals surface area contributed by atoms with Crippen LogP contribution in [0.1, 0.15) is 43.2 Å². The first-order valence-electron chi connectivity index (χ1n) is 12.5. The maximum atomic E-state index is 13.1. The highest BCUT2D eigenvalue weighted by Gasteiger charge is 2.20. The third-order valence-corrected chi connectivity index (χ3v) is 6.41. The topological polar surface area (TPSA) is 78.9 Å². The van der Waals surface area contributed by atoms with Crippen molar-refractivity contribution in [1.29, 1.82) is 0 Å². The van der Waals surface area contributed by atoms with Crippen LogP contribution in [0.5, 0.6) is 0 Å². The first kappa shape index (κ1) is 23.7. The molecule has 34 heavy (non-hydrogen) atoms. The summed E-state index contributed by atoms with van der Waals surface area (Å²) in [5.41, 5.74) is 2.31. The van der Waals surface area contributed by atoms with E-state index in [-0.39, 0.29) is 5.91 Å². The Morgan fingerprint density at radius 2 is 1.62 bits per heavy atom. The number of nitrogens with one attached hydrogen (secondary N) is 3. The van der Waals surface area contributed by atoms with Gasteiger partial charge in [-0.2, -0.15) is 4.98 Å². The lowest BCUT2D eigenvalue weighted by Gasteiger charge is -2.22. The summed E-state index contributed by atoms with van der Waals surface area (Å²) < 4.78 is 0. The molecule has 1 aliphatic carbocycles. The maximum absolute atomic E-state index is 13.1. The van der Waals surface area contributed by atoms with Crippen molar-refractivity contribution < 1.29 is 4.79 Å². The SMILES string of the molecule is O=C(NCCc1ccccc1)[C@H](Cc1ccccc1)Nc1ccnc(NCC2CCCCC2)n1. The molecule has 1 amide bonds. The average molecular weight is 458 g/mol. The van der Waals surface area contributed by atoms with E-state index in [1.807, 2.05) is 54.6 Å².